The second kappa shape index (κ2) is 7.03. The van der Waals surface area contributed by atoms with Gasteiger partial charge in [-0.2, -0.15) is 4.98 Å². The molecule has 0 aliphatic rings. The Balaban J connectivity index is 2.33. The normalized spacial score (nSPS) is 12.3. The number of methoxy groups -OCH3 is 1. The minimum Gasteiger partial charge on any atom is -0.495 e. The highest BCUT2D eigenvalue weighted by Gasteiger charge is 2.13. The number of pyridine rings is 1. The zero-order valence-corrected chi connectivity index (χ0v) is 12.3. The van der Waals surface area contributed by atoms with Crippen LogP contribution in [0.3, 0.4) is 0 Å². The van der Waals surface area contributed by atoms with E-state index in [-0.39, 0.29) is 18.6 Å². The van der Waals surface area contributed by atoms with Gasteiger partial charge in [-0.15, -0.1) is 0 Å². The lowest BCUT2D eigenvalue weighted by atomic mass is 10.1. The van der Waals surface area contributed by atoms with E-state index in [1.54, 1.807) is 19.4 Å². The number of hydrogen-bond acceptors (Lipinski definition) is 7. The Morgan fingerprint density at radius 3 is 2.90 bits per heavy atom. The molecule has 4 N–H and O–H groups in total. The van der Waals surface area contributed by atoms with Gasteiger partial charge in [0.2, 0.25) is 5.95 Å². The summed E-state index contributed by atoms with van der Waals surface area (Å²) < 4.78 is 5.13. The summed E-state index contributed by atoms with van der Waals surface area (Å²) in [7, 11) is 1.57. The molecule has 0 amide bonds. The minimum absolute atomic E-state index is 0.0293. The smallest absolute Gasteiger partial charge is 0.222 e. The lowest BCUT2D eigenvalue weighted by Gasteiger charge is -2.17. The van der Waals surface area contributed by atoms with Crippen LogP contribution >= 0.6 is 0 Å². The summed E-state index contributed by atoms with van der Waals surface area (Å²) >= 11 is 0. The molecule has 1 atom stereocenters. The first-order chi connectivity index (χ1) is 10.2. The number of hydrogen-bond donors (Lipinski definition) is 3. The van der Waals surface area contributed by atoms with Crippen LogP contribution in [-0.4, -0.2) is 39.8 Å². The Morgan fingerprint density at radius 1 is 1.43 bits per heavy atom. The molecule has 0 aliphatic carbocycles. The zero-order chi connectivity index (χ0) is 15.2. The van der Waals surface area contributed by atoms with Gasteiger partial charge in [0.05, 0.1) is 26.0 Å². The van der Waals surface area contributed by atoms with Gasteiger partial charge in [-0.1, -0.05) is 19.8 Å². The van der Waals surface area contributed by atoms with E-state index >= 15 is 0 Å². The Morgan fingerprint density at radius 2 is 2.24 bits per heavy atom. The predicted molar refractivity (Wildman–Crippen MR) is 82.3 cm³/mol. The third kappa shape index (κ3) is 3.69. The third-order valence-electron chi connectivity index (χ3n) is 3.23. The van der Waals surface area contributed by atoms with E-state index in [9.17, 15) is 5.11 Å². The van der Waals surface area contributed by atoms with Crippen molar-refractivity contribution in [2.75, 3.05) is 24.8 Å². The van der Waals surface area contributed by atoms with Gasteiger partial charge < -0.3 is 20.9 Å². The number of aliphatic hydroxyl groups excluding tert-OH is 1. The Labute approximate surface area is 123 Å². The third-order valence-corrected chi connectivity index (χ3v) is 3.23. The van der Waals surface area contributed by atoms with Crippen molar-refractivity contribution in [3.05, 3.63) is 12.3 Å². The summed E-state index contributed by atoms with van der Waals surface area (Å²) in [5.41, 5.74) is 6.96. The van der Waals surface area contributed by atoms with Crippen molar-refractivity contribution in [1.29, 1.82) is 0 Å². The molecule has 0 fully saturated rings. The fourth-order valence-corrected chi connectivity index (χ4v) is 2.08. The summed E-state index contributed by atoms with van der Waals surface area (Å²) in [4.78, 5) is 12.7. The first kappa shape index (κ1) is 15.2. The van der Waals surface area contributed by atoms with Gasteiger partial charge in [-0.25, -0.2) is 9.97 Å². The van der Waals surface area contributed by atoms with E-state index in [4.69, 9.17) is 10.5 Å². The standard InChI is InChI=1S/C14H21N5O2/c1-3-4-5-9(8-20)17-13-12-11(18-14(15)19-13)6-10(21-2)7-16-12/h6-7,9,20H,3-5,8H2,1-2H3,(H3,15,17,18,19)/t9-/m1/s1. The monoisotopic (exact) mass is 291 g/mol. The molecule has 0 saturated heterocycles. The topological polar surface area (TPSA) is 106 Å². The number of unbranched alkanes of at least 4 members (excludes halogenated alkanes) is 1. The maximum atomic E-state index is 9.46. The molecule has 0 unspecified atom stereocenters. The summed E-state index contributed by atoms with van der Waals surface area (Å²) in [6.45, 7) is 2.14. The molecule has 7 heteroatoms. The second-order valence-corrected chi connectivity index (χ2v) is 4.84. The van der Waals surface area contributed by atoms with Crippen LogP contribution in [0.1, 0.15) is 26.2 Å². The number of aromatic nitrogens is 3. The fourth-order valence-electron chi connectivity index (χ4n) is 2.08. The fraction of sp³-hybridized carbons (Fsp3) is 0.500. The summed E-state index contributed by atoms with van der Waals surface area (Å²) in [5, 5.41) is 12.7. The highest BCUT2D eigenvalue weighted by Crippen LogP contribution is 2.23. The van der Waals surface area contributed by atoms with E-state index < -0.39 is 0 Å². The summed E-state index contributed by atoms with van der Waals surface area (Å²) in [6, 6.07) is 1.68. The SMILES string of the molecule is CCCC[C@H](CO)Nc1nc(N)nc2cc(OC)cnc12. The van der Waals surface area contributed by atoms with Crippen LogP contribution < -0.4 is 15.8 Å². The number of ether oxygens (including phenoxy) is 1. The number of nitrogens with zero attached hydrogens (tertiary/aromatic N) is 3. The van der Waals surface area contributed by atoms with Gasteiger partial charge in [0, 0.05) is 6.07 Å². The number of fused-ring (bicyclic) bond motifs is 1. The van der Waals surface area contributed by atoms with Crippen LogP contribution in [0, 0.1) is 0 Å². The highest BCUT2D eigenvalue weighted by atomic mass is 16.5. The molecule has 0 aromatic carbocycles. The molecule has 0 aliphatic heterocycles. The van der Waals surface area contributed by atoms with Crippen molar-refractivity contribution in [2.24, 2.45) is 0 Å². The van der Waals surface area contributed by atoms with Crippen LogP contribution in [0.15, 0.2) is 12.3 Å². The molecule has 0 saturated carbocycles. The van der Waals surface area contributed by atoms with Crippen molar-refractivity contribution < 1.29 is 9.84 Å². The van der Waals surface area contributed by atoms with Gasteiger partial charge in [0.1, 0.15) is 16.8 Å². The van der Waals surface area contributed by atoms with E-state index in [2.05, 4.69) is 27.2 Å². The minimum atomic E-state index is -0.0775. The van der Waals surface area contributed by atoms with E-state index in [0.717, 1.165) is 19.3 Å². The van der Waals surface area contributed by atoms with Crippen LogP contribution in [-0.2, 0) is 0 Å². The first-order valence-corrected chi connectivity index (χ1v) is 7.02. The Bertz CT molecular complexity index is 605. The maximum absolute atomic E-state index is 9.46. The zero-order valence-electron chi connectivity index (χ0n) is 12.3. The van der Waals surface area contributed by atoms with Crippen LogP contribution in [0.5, 0.6) is 5.75 Å². The number of aliphatic hydroxyl groups is 1. The van der Waals surface area contributed by atoms with Gasteiger partial charge in [0.15, 0.2) is 5.82 Å². The summed E-state index contributed by atoms with van der Waals surface area (Å²) in [6.07, 6.45) is 4.56. The first-order valence-electron chi connectivity index (χ1n) is 7.02. The van der Waals surface area contributed by atoms with Crippen molar-refractivity contribution in [3.8, 4) is 5.75 Å². The van der Waals surface area contributed by atoms with Gasteiger partial charge >= 0.3 is 0 Å². The average molecular weight is 291 g/mol. The molecule has 21 heavy (non-hydrogen) atoms. The number of nitrogens with two attached hydrogens (primary N) is 1. The van der Waals surface area contributed by atoms with Gasteiger partial charge in [0.25, 0.3) is 0 Å². The van der Waals surface area contributed by atoms with Crippen LogP contribution in [0.2, 0.25) is 0 Å². The van der Waals surface area contributed by atoms with Crippen molar-refractivity contribution in [1.82, 2.24) is 15.0 Å². The second-order valence-electron chi connectivity index (χ2n) is 4.84. The quantitative estimate of drug-likeness (QED) is 0.711. The van der Waals surface area contributed by atoms with E-state index in [1.807, 2.05) is 0 Å². The number of rotatable bonds is 7. The van der Waals surface area contributed by atoms with Crippen molar-refractivity contribution in [2.45, 2.75) is 32.2 Å². The summed E-state index contributed by atoms with van der Waals surface area (Å²) in [5.74, 6) is 1.30. The highest BCUT2D eigenvalue weighted by molar-refractivity contribution is 5.86. The van der Waals surface area contributed by atoms with Crippen molar-refractivity contribution >= 4 is 22.8 Å². The Kier molecular flexibility index (Phi) is 5.10. The lowest BCUT2D eigenvalue weighted by molar-refractivity contribution is 0.267. The molecule has 0 radical (unpaired) electrons. The van der Waals surface area contributed by atoms with Crippen LogP contribution in [0.25, 0.3) is 11.0 Å². The predicted octanol–water partition coefficient (Wildman–Crippen LogP) is 1.58. The maximum Gasteiger partial charge on any atom is 0.222 e. The molecule has 0 spiro atoms. The largest absolute Gasteiger partial charge is 0.495 e. The van der Waals surface area contributed by atoms with E-state index in [1.165, 1.54) is 0 Å². The van der Waals surface area contributed by atoms with Crippen LogP contribution in [0.4, 0.5) is 11.8 Å². The molecule has 2 rings (SSSR count). The van der Waals surface area contributed by atoms with E-state index in [0.29, 0.717) is 22.6 Å². The molecule has 7 nitrogen and oxygen atoms in total. The molecule has 2 aromatic rings. The molecular formula is C14H21N5O2. The molecule has 2 aromatic heterocycles. The number of anilines is 2. The Hall–Kier alpha value is -2.15. The number of nitrogens with one attached hydrogen (secondary N) is 1. The molecule has 0 bridgehead atoms. The van der Waals surface area contributed by atoms with Crippen molar-refractivity contribution in [3.63, 3.8) is 0 Å². The number of nitrogen functional groups attached to an aromatic ring is 1. The van der Waals surface area contributed by atoms with Gasteiger partial charge in [-0.3, -0.25) is 0 Å². The molecule has 2 heterocycles. The molecular weight excluding hydrogens is 270 g/mol. The average Bonchev–Trinajstić information content (AvgIpc) is 2.50. The lowest BCUT2D eigenvalue weighted by Crippen LogP contribution is -2.24. The van der Waals surface area contributed by atoms with Gasteiger partial charge in [-0.05, 0) is 6.42 Å². The molecule has 114 valence electrons.